The van der Waals surface area contributed by atoms with E-state index in [9.17, 15) is 8.78 Å². The van der Waals surface area contributed by atoms with Crippen LogP contribution >= 0.6 is 0 Å². The van der Waals surface area contributed by atoms with Crippen molar-refractivity contribution in [2.24, 2.45) is 5.73 Å². The Morgan fingerprint density at radius 3 is 2.58 bits per heavy atom. The first-order valence-corrected chi connectivity index (χ1v) is 7.08. The van der Waals surface area contributed by atoms with E-state index in [1.54, 1.807) is 0 Å². The Bertz CT molecular complexity index is 402. The average Bonchev–Trinajstić information content (AvgIpc) is 2.43. The van der Waals surface area contributed by atoms with Crippen LogP contribution in [-0.2, 0) is 0 Å². The van der Waals surface area contributed by atoms with E-state index in [1.165, 1.54) is 24.6 Å². The zero-order chi connectivity index (χ0) is 13.8. The van der Waals surface area contributed by atoms with Crippen LogP contribution < -0.4 is 5.73 Å². The third-order valence-electron chi connectivity index (χ3n) is 4.10. The summed E-state index contributed by atoms with van der Waals surface area (Å²) in [7, 11) is 0. The van der Waals surface area contributed by atoms with Crippen LogP contribution in [0.15, 0.2) is 18.2 Å². The van der Waals surface area contributed by atoms with Gasteiger partial charge in [-0.2, -0.15) is 0 Å². The molecule has 2 N–H and O–H groups in total. The molecular formula is C15H22F2N2. The van der Waals surface area contributed by atoms with Gasteiger partial charge in [0.05, 0.1) is 6.04 Å². The first-order chi connectivity index (χ1) is 9.19. The first-order valence-electron chi connectivity index (χ1n) is 7.08. The van der Waals surface area contributed by atoms with Crippen LogP contribution in [0.1, 0.15) is 44.2 Å². The molecule has 1 aromatic carbocycles. The molecule has 1 saturated heterocycles. The zero-order valence-electron chi connectivity index (χ0n) is 11.4. The van der Waals surface area contributed by atoms with Gasteiger partial charge in [-0.25, -0.2) is 8.78 Å². The van der Waals surface area contributed by atoms with E-state index in [0.717, 1.165) is 25.8 Å². The predicted octanol–water partition coefficient (Wildman–Crippen LogP) is 3.23. The predicted molar refractivity (Wildman–Crippen MR) is 72.8 cm³/mol. The lowest BCUT2D eigenvalue weighted by Gasteiger charge is -2.41. The lowest BCUT2D eigenvalue weighted by atomic mass is 9.94. The molecule has 1 fully saturated rings. The normalized spacial score (nSPS) is 22.4. The molecule has 1 heterocycles. The summed E-state index contributed by atoms with van der Waals surface area (Å²) in [4.78, 5) is 2.19. The quantitative estimate of drug-likeness (QED) is 0.908. The maximum atomic E-state index is 14.0. The van der Waals surface area contributed by atoms with Gasteiger partial charge in [0, 0.05) is 18.2 Å². The molecule has 0 radical (unpaired) electrons. The van der Waals surface area contributed by atoms with Crippen molar-refractivity contribution < 1.29 is 8.78 Å². The van der Waals surface area contributed by atoms with Gasteiger partial charge < -0.3 is 5.73 Å². The molecule has 0 saturated carbocycles. The third-order valence-corrected chi connectivity index (χ3v) is 4.10. The van der Waals surface area contributed by atoms with Crippen LogP contribution in [-0.4, -0.2) is 24.0 Å². The van der Waals surface area contributed by atoms with Crippen LogP contribution in [0, 0.1) is 11.6 Å². The van der Waals surface area contributed by atoms with Crippen molar-refractivity contribution >= 4 is 0 Å². The smallest absolute Gasteiger partial charge is 0.130 e. The largest absolute Gasteiger partial charge is 0.329 e. The summed E-state index contributed by atoms with van der Waals surface area (Å²) in [6.07, 6.45) is 4.34. The van der Waals surface area contributed by atoms with Crippen LogP contribution in [0.3, 0.4) is 0 Å². The highest BCUT2D eigenvalue weighted by atomic mass is 19.1. The van der Waals surface area contributed by atoms with Crippen molar-refractivity contribution in [3.05, 3.63) is 35.4 Å². The van der Waals surface area contributed by atoms with Crippen molar-refractivity contribution in [1.82, 2.24) is 4.90 Å². The minimum Gasteiger partial charge on any atom is -0.329 e. The molecule has 0 spiro atoms. The van der Waals surface area contributed by atoms with Gasteiger partial charge in [-0.1, -0.05) is 19.4 Å². The highest BCUT2D eigenvalue weighted by Crippen LogP contribution is 2.32. The number of rotatable bonds is 4. The lowest BCUT2D eigenvalue weighted by molar-refractivity contribution is 0.0910. The molecular weight excluding hydrogens is 246 g/mol. The van der Waals surface area contributed by atoms with Gasteiger partial charge in [-0.15, -0.1) is 0 Å². The van der Waals surface area contributed by atoms with Gasteiger partial charge in [0.25, 0.3) is 0 Å². The Labute approximate surface area is 113 Å². The van der Waals surface area contributed by atoms with Gasteiger partial charge in [-0.05, 0) is 37.9 Å². The standard InChI is InChI=1S/C15H22F2N2/c1-2-11-6-3-4-9-19(11)14(10-18)15-12(16)7-5-8-13(15)17/h5,7-8,11,14H,2-4,6,9-10,18H2,1H3. The maximum absolute atomic E-state index is 14.0. The molecule has 2 unspecified atom stereocenters. The molecule has 2 nitrogen and oxygen atoms in total. The van der Waals surface area contributed by atoms with E-state index >= 15 is 0 Å². The SMILES string of the molecule is CCC1CCCCN1C(CN)c1c(F)cccc1F. The Kier molecular flexibility index (Phi) is 4.88. The summed E-state index contributed by atoms with van der Waals surface area (Å²) in [5.41, 5.74) is 5.95. The van der Waals surface area contributed by atoms with E-state index in [1.807, 2.05) is 0 Å². The van der Waals surface area contributed by atoms with E-state index in [2.05, 4.69) is 11.8 Å². The topological polar surface area (TPSA) is 29.3 Å². The summed E-state index contributed by atoms with van der Waals surface area (Å²) >= 11 is 0. The van der Waals surface area contributed by atoms with Gasteiger partial charge in [0.15, 0.2) is 0 Å². The fraction of sp³-hybridized carbons (Fsp3) is 0.600. The van der Waals surface area contributed by atoms with Crippen LogP contribution in [0.2, 0.25) is 0 Å². The molecule has 2 rings (SSSR count). The van der Waals surface area contributed by atoms with Crippen molar-refractivity contribution in [3.8, 4) is 0 Å². The van der Waals surface area contributed by atoms with Crippen molar-refractivity contribution in [2.75, 3.05) is 13.1 Å². The molecule has 106 valence electrons. The minimum absolute atomic E-state index is 0.130. The molecule has 1 aliphatic heterocycles. The fourth-order valence-electron chi connectivity index (χ4n) is 3.12. The Hall–Kier alpha value is -1.00. The summed E-state index contributed by atoms with van der Waals surface area (Å²) in [5, 5.41) is 0. The number of benzene rings is 1. The van der Waals surface area contributed by atoms with Gasteiger partial charge in [0.1, 0.15) is 11.6 Å². The first kappa shape index (κ1) is 14.4. The summed E-state index contributed by atoms with van der Waals surface area (Å²) < 4.78 is 27.9. The van der Waals surface area contributed by atoms with Crippen LogP contribution in [0.5, 0.6) is 0 Å². The molecule has 4 heteroatoms. The number of hydrogen-bond donors (Lipinski definition) is 1. The van der Waals surface area contributed by atoms with Gasteiger partial charge >= 0.3 is 0 Å². The van der Waals surface area contributed by atoms with Crippen molar-refractivity contribution in [3.63, 3.8) is 0 Å². The second-order valence-corrected chi connectivity index (χ2v) is 5.18. The Morgan fingerprint density at radius 1 is 1.32 bits per heavy atom. The maximum Gasteiger partial charge on any atom is 0.130 e. The van der Waals surface area contributed by atoms with E-state index in [0.29, 0.717) is 6.04 Å². The summed E-state index contributed by atoms with van der Waals surface area (Å²) in [6, 6.07) is 4.04. The zero-order valence-corrected chi connectivity index (χ0v) is 11.4. The number of hydrogen-bond acceptors (Lipinski definition) is 2. The molecule has 2 atom stereocenters. The number of likely N-dealkylation sites (tertiary alicyclic amines) is 1. The Balaban J connectivity index is 2.33. The summed E-state index contributed by atoms with van der Waals surface area (Å²) in [5.74, 6) is -0.980. The second kappa shape index (κ2) is 6.44. The molecule has 1 aliphatic rings. The second-order valence-electron chi connectivity index (χ2n) is 5.18. The molecule has 1 aromatic rings. The molecule has 19 heavy (non-hydrogen) atoms. The Morgan fingerprint density at radius 2 is 2.00 bits per heavy atom. The minimum atomic E-state index is -0.490. The van der Waals surface area contributed by atoms with Gasteiger partial charge in [-0.3, -0.25) is 4.90 Å². The number of piperidine rings is 1. The highest BCUT2D eigenvalue weighted by molar-refractivity contribution is 5.24. The highest BCUT2D eigenvalue weighted by Gasteiger charge is 2.31. The van der Waals surface area contributed by atoms with Gasteiger partial charge in [0.2, 0.25) is 0 Å². The molecule has 0 aliphatic carbocycles. The van der Waals surface area contributed by atoms with Crippen molar-refractivity contribution in [1.29, 1.82) is 0 Å². The molecule has 0 bridgehead atoms. The lowest BCUT2D eigenvalue weighted by Crippen LogP contribution is -2.44. The third kappa shape index (κ3) is 2.95. The molecule has 0 amide bonds. The molecule has 0 aromatic heterocycles. The number of nitrogens with two attached hydrogens (primary N) is 1. The van der Waals surface area contributed by atoms with Crippen molar-refractivity contribution in [2.45, 2.75) is 44.7 Å². The average molecular weight is 268 g/mol. The van der Waals surface area contributed by atoms with E-state index in [-0.39, 0.29) is 18.2 Å². The number of halogens is 2. The summed E-state index contributed by atoms with van der Waals surface area (Å²) in [6.45, 7) is 3.23. The monoisotopic (exact) mass is 268 g/mol. The van der Waals surface area contributed by atoms with Crippen LogP contribution in [0.4, 0.5) is 8.78 Å². The number of nitrogens with zero attached hydrogens (tertiary/aromatic N) is 1. The van der Waals surface area contributed by atoms with E-state index < -0.39 is 11.6 Å². The fourth-order valence-corrected chi connectivity index (χ4v) is 3.12. The van der Waals surface area contributed by atoms with Crippen LogP contribution in [0.25, 0.3) is 0 Å². The van der Waals surface area contributed by atoms with E-state index in [4.69, 9.17) is 5.73 Å².